The number of fused-ring (bicyclic) bond motifs is 12. The Labute approximate surface area is 400 Å². The highest BCUT2D eigenvalue weighted by molar-refractivity contribution is 6.20. The summed E-state index contributed by atoms with van der Waals surface area (Å²) in [6.07, 6.45) is 0. The van der Waals surface area contributed by atoms with Gasteiger partial charge >= 0.3 is 0 Å². The lowest BCUT2D eigenvalue weighted by molar-refractivity contribution is 0.669. The van der Waals surface area contributed by atoms with E-state index in [1.165, 1.54) is 10.8 Å². The molecular weight excluding hydrogens is 857 g/mol. The minimum Gasteiger partial charge on any atom is -0.456 e. The molecule has 0 aliphatic rings. The van der Waals surface area contributed by atoms with Gasteiger partial charge in [0.05, 0.1) is 33.5 Å². The maximum atomic E-state index is 6.53. The molecule has 0 bridgehead atoms. The lowest BCUT2D eigenvalue weighted by atomic mass is 10.00. The largest absolute Gasteiger partial charge is 0.456 e. The number of nitrogens with zero attached hydrogens (tertiary/aromatic N) is 4. The van der Waals surface area contributed by atoms with Crippen LogP contribution < -0.4 is 0 Å². The predicted octanol–water partition coefficient (Wildman–Crippen LogP) is 17.1. The first-order valence-electron chi connectivity index (χ1n) is 23.6. The Morgan fingerprint density at radius 3 is 1.17 bits per heavy atom. The van der Waals surface area contributed by atoms with Gasteiger partial charge < -0.3 is 18.0 Å². The third-order valence-corrected chi connectivity index (χ3v) is 14.1. The molecule has 0 amide bonds. The average Bonchev–Trinajstić information content (AvgIpc) is 4.17. The molecule has 0 aliphatic carbocycles. The van der Waals surface area contributed by atoms with Gasteiger partial charge in [-0.05, 0) is 102 Å². The van der Waals surface area contributed by atoms with Gasteiger partial charge in [-0.25, -0.2) is 9.97 Å². The van der Waals surface area contributed by atoms with Crippen molar-refractivity contribution in [3.8, 4) is 56.4 Å². The maximum absolute atomic E-state index is 6.53. The van der Waals surface area contributed by atoms with Gasteiger partial charge in [-0.1, -0.05) is 127 Å². The number of aromatic nitrogens is 4. The van der Waals surface area contributed by atoms with Crippen molar-refractivity contribution in [1.29, 1.82) is 0 Å². The van der Waals surface area contributed by atoms with Crippen LogP contribution in [0.1, 0.15) is 0 Å². The van der Waals surface area contributed by atoms with E-state index in [2.05, 4.69) is 179 Å². The van der Waals surface area contributed by atoms with Gasteiger partial charge in [0, 0.05) is 83.3 Å². The molecule has 10 aromatic carbocycles. The number of para-hydroxylation sites is 3. The highest BCUT2D eigenvalue weighted by atomic mass is 16.3. The van der Waals surface area contributed by atoms with Crippen LogP contribution in [0.4, 0.5) is 0 Å². The second-order valence-electron chi connectivity index (χ2n) is 18.1. The topological polar surface area (TPSA) is 61.9 Å². The van der Waals surface area contributed by atoms with Crippen LogP contribution in [0.25, 0.3) is 144 Å². The van der Waals surface area contributed by atoms with Gasteiger partial charge in [0.1, 0.15) is 22.3 Å². The quantitative estimate of drug-likeness (QED) is 0.167. The van der Waals surface area contributed by atoms with E-state index >= 15 is 0 Å². The molecule has 6 heteroatoms. The number of rotatable bonds is 6. The van der Waals surface area contributed by atoms with Crippen LogP contribution in [-0.2, 0) is 0 Å². The summed E-state index contributed by atoms with van der Waals surface area (Å²) in [5.41, 5.74) is 17.1. The fourth-order valence-electron chi connectivity index (χ4n) is 10.8. The Morgan fingerprint density at radius 1 is 0.257 bits per heavy atom. The molecule has 0 aliphatic heterocycles. The van der Waals surface area contributed by atoms with Crippen LogP contribution in [0.15, 0.2) is 239 Å². The van der Waals surface area contributed by atoms with E-state index in [4.69, 9.17) is 18.8 Å². The normalized spacial score (nSPS) is 12.0. The minimum atomic E-state index is 0.675. The van der Waals surface area contributed by atoms with Crippen molar-refractivity contribution in [3.63, 3.8) is 0 Å². The minimum absolute atomic E-state index is 0.675. The first-order chi connectivity index (χ1) is 34.7. The molecular formula is C64H38N4O2. The molecule has 0 fully saturated rings. The van der Waals surface area contributed by atoms with Crippen molar-refractivity contribution in [2.45, 2.75) is 0 Å². The Bertz CT molecular complexity index is 4510. The number of hydrogen-bond acceptors (Lipinski definition) is 4. The van der Waals surface area contributed by atoms with Gasteiger partial charge in [0.15, 0.2) is 5.82 Å². The van der Waals surface area contributed by atoms with Gasteiger partial charge in [0.25, 0.3) is 0 Å². The lowest BCUT2D eigenvalue weighted by Gasteiger charge is -2.11. The summed E-state index contributed by atoms with van der Waals surface area (Å²) < 4.78 is 17.7. The highest BCUT2D eigenvalue weighted by Crippen LogP contribution is 2.43. The van der Waals surface area contributed by atoms with Crippen LogP contribution in [-0.4, -0.2) is 19.1 Å². The molecule has 15 aromatic rings. The van der Waals surface area contributed by atoms with Crippen LogP contribution >= 0.6 is 0 Å². The number of hydrogen-bond donors (Lipinski definition) is 0. The summed E-state index contributed by atoms with van der Waals surface area (Å²) in [5.74, 6) is 0.675. The molecule has 0 N–H and O–H groups in total. The molecule has 70 heavy (non-hydrogen) atoms. The van der Waals surface area contributed by atoms with Crippen molar-refractivity contribution >= 4 is 87.5 Å². The molecule has 0 radical (unpaired) electrons. The highest BCUT2D eigenvalue weighted by Gasteiger charge is 2.21. The predicted molar refractivity (Wildman–Crippen MR) is 287 cm³/mol. The number of furan rings is 2. The molecule has 5 heterocycles. The maximum Gasteiger partial charge on any atom is 0.160 e. The van der Waals surface area contributed by atoms with Crippen molar-refractivity contribution in [3.05, 3.63) is 231 Å². The summed E-state index contributed by atoms with van der Waals surface area (Å²) in [6, 6.07) is 81.5. The molecule has 0 atom stereocenters. The summed E-state index contributed by atoms with van der Waals surface area (Å²) >= 11 is 0. The second-order valence-corrected chi connectivity index (χ2v) is 18.1. The van der Waals surface area contributed by atoms with Crippen LogP contribution in [0.2, 0.25) is 0 Å². The fourth-order valence-corrected chi connectivity index (χ4v) is 10.8. The van der Waals surface area contributed by atoms with E-state index in [0.29, 0.717) is 5.82 Å². The molecule has 0 saturated heterocycles. The van der Waals surface area contributed by atoms with Gasteiger partial charge in [0.2, 0.25) is 0 Å². The first kappa shape index (κ1) is 38.6. The summed E-state index contributed by atoms with van der Waals surface area (Å²) in [7, 11) is 0. The third-order valence-electron chi connectivity index (χ3n) is 14.1. The fraction of sp³-hybridized carbons (Fsp3) is 0. The van der Waals surface area contributed by atoms with E-state index in [0.717, 1.165) is 127 Å². The second kappa shape index (κ2) is 15.0. The average molecular weight is 895 g/mol. The molecule has 5 aromatic heterocycles. The molecule has 0 saturated carbocycles. The zero-order valence-corrected chi connectivity index (χ0v) is 37.5. The molecule has 15 rings (SSSR count). The first-order valence-corrected chi connectivity index (χ1v) is 23.6. The van der Waals surface area contributed by atoms with Crippen molar-refractivity contribution < 1.29 is 8.83 Å². The Morgan fingerprint density at radius 2 is 0.671 bits per heavy atom. The molecule has 6 nitrogen and oxygen atoms in total. The molecule has 0 unspecified atom stereocenters. The Balaban J connectivity index is 0.911. The summed E-state index contributed by atoms with van der Waals surface area (Å²) in [6.45, 7) is 0. The zero-order valence-electron chi connectivity index (χ0n) is 37.5. The van der Waals surface area contributed by atoms with E-state index in [-0.39, 0.29) is 0 Å². The molecule has 326 valence electrons. The van der Waals surface area contributed by atoms with Gasteiger partial charge in [-0.2, -0.15) is 0 Å². The Hall–Kier alpha value is -9.52. The van der Waals surface area contributed by atoms with E-state index in [1.54, 1.807) is 0 Å². The monoisotopic (exact) mass is 894 g/mol. The van der Waals surface area contributed by atoms with Crippen LogP contribution in [0.5, 0.6) is 0 Å². The SMILES string of the molecule is c1ccc(-c2cc(-c3ccccc3)nc(-c3ccc(-n4c5ccc(-c6ccc7c(c6)c6cc8c(cc6n7-c6ccccc6)oc6ccccc68)cc5c5cc6c(cc54)oc4ccccc46)cc3)n2)cc1. The smallest absolute Gasteiger partial charge is 0.160 e. The van der Waals surface area contributed by atoms with Crippen molar-refractivity contribution in [2.75, 3.05) is 0 Å². The summed E-state index contributed by atoms with van der Waals surface area (Å²) in [5, 5.41) is 9.13. The van der Waals surface area contributed by atoms with E-state index < -0.39 is 0 Å². The van der Waals surface area contributed by atoms with Crippen LogP contribution in [0, 0.1) is 0 Å². The van der Waals surface area contributed by atoms with Crippen molar-refractivity contribution in [1.82, 2.24) is 19.1 Å². The summed E-state index contributed by atoms with van der Waals surface area (Å²) in [4.78, 5) is 10.2. The van der Waals surface area contributed by atoms with Gasteiger partial charge in [-0.3, -0.25) is 0 Å². The zero-order chi connectivity index (χ0) is 45.9. The Kier molecular flexibility index (Phi) is 8.26. The van der Waals surface area contributed by atoms with E-state index in [9.17, 15) is 0 Å². The molecule has 0 spiro atoms. The number of benzene rings is 10. The van der Waals surface area contributed by atoms with Gasteiger partial charge in [-0.15, -0.1) is 0 Å². The van der Waals surface area contributed by atoms with E-state index in [1.807, 2.05) is 60.7 Å². The van der Waals surface area contributed by atoms with Crippen LogP contribution in [0.3, 0.4) is 0 Å². The van der Waals surface area contributed by atoms with Crippen molar-refractivity contribution in [2.24, 2.45) is 0 Å². The lowest BCUT2D eigenvalue weighted by Crippen LogP contribution is -1.97. The standard InChI is InChI=1S/C64H38N4O2/c1-4-14-39(15-5-1)54-36-55(40-16-6-2-7-17-40)66-64(65-54)41-24-28-45(29-25-41)68-57-31-27-43(33-49(57)51-35-53-47-21-11-13-23-61(47)70-63(53)38-59(51)68)42-26-30-56-48(32-42)50-34-52-46-20-10-12-22-60(46)69-62(52)37-58(50)67(56)44-18-8-3-9-19-44/h1-38H. The third kappa shape index (κ3) is 5.93.